The number of halogens is 2. The smallest absolute Gasteiger partial charge is 0.128 e. The summed E-state index contributed by atoms with van der Waals surface area (Å²) in [5.74, 6) is 0. The van der Waals surface area contributed by atoms with Gasteiger partial charge in [0.05, 0.1) is 10.5 Å². The van der Waals surface area contributed by atoms with Crippen molar-refractivity contribution >= 4 is 31.9 Å². The van der Waals surface area contributed by atoms with E-state index in [0.717, 1.165) is 10.3 Å². The normalized spacial score (nSPS) is 13.1. The van der Waals surface area contributed by atoms with Crippen LogP contribution in [0.3, 0.4) is 0 Å². The number of aromatic nitrogens is 2. The van der Waals surface area contributed by atoms with Crippen LogP contribution in [0.4, 0.5) is 0 Å². The van der Waals surface area contributed by atoms with Crippen molar-refractivity contribution in [3.05, 3.63) is 22.4 Å². The molecule has 10 heavy (non-hydrogen) atoms. The number of rotatable bonds is 1. The maximum absolute atomic E-state index is 3.93. The highest BCUT2D eigenvalue weighted by Gasteiger charge is 2.00. The molecular formula is C6H6Br2N2. The number of hydrogen-bond donors (Lipinski definition) is 0. The molecule has 0 saturated carbocycles. The summed E-state index contributed by atoms with van der Waals surface area (Å²) < 4.78 is 0.768. The Hall–Kier alpha value is 0.0400. The van der Waals surface area contributed by atoms with Gasteiger partial charge in [0.1, 0.15) is 4.60 Å². The lowest BCUT2D eigenvalue weighted by Crippen LogP contribution is -1.91. The third kappa shape index (κ3) is 2.02. The Kier molecular flexibility index (Phi) is 2.80. The van der Waals surface area contributed by atoms with E-state index in [4.69, 9.17) is 0 Å². The van der Waals surface area contributed by atoms with Crippen LogP contribution in [0.25, 0.3) is 0 Å². The molecule has 0 aliphatic rings. The van der Waals surface area contributed by atoms with Crippen molar-refractivity contribution in [1.82, 2.24) is 10.2 Å². The monoisotopic (exact) mass is 264 g/mol. The van der Waals surface area contributed by atoms with Gasteiger partial charge in [-0.2, -0.15) is 5.10 Å². The Morgan fingerprint density at radius 2 is 2.10 bits per heavy atom. The molecule has 1 rings (SSSR count). The van der Waals surface area contributed by atoms with Crippen molar-refractivity contribution in [1.29, 1.82) is 0 Å². The van der Waals surface area contributed by atoms with Gasteiger partial charge in [0, 0.05) is 0 Å². The Labute approximate surface area is 76.3 Å². The van der Waals surface area contributed by atoms with E-state index < -0.39 is 0 Å². The van der Waals surface area contributed by atoms with Crippen LogP contribution < -0.4 is 0 Å². The first kappa shape index (κ1) is 8.14. The van der Waals surface area contributed by atoms with Crippen molar-refractivity contribution in [2.75, 3.05) is 0 Å². The fourth-order valence-corrected chi connectivity index (χ4v) is 0.994. The third-order valence-electron chi connectivity index (χ3n) is 1.06. The average molecular weight is 266 g/mol. The molecule has 1 unspecified atom stereocenters. The van der Waals surface area contributed by atoms with Crippen LogP contribution in [0.15, 0.2) is 16.7 Å². The molecule has 0 aliphatic carbocycles. The first-order valence-corrected chi connectivity index (χ1v) is 4.54. The molecule has 1 aromatic rings. The summed E-state index contributed by atoms with van der Waals surface area (Å²) in [7, 11) is 0. The highest BCUT2D eigenvalue weighted by atomic mass is 79.9. The molecule has 0 fully saturated rings. The summed E-state index contributed by atoms with van der Waals surface area (Å²) in [6.45, 7) is 2.01. The predicted octanol–water partition coefficient (Wildman–Crippen LogP) is 2.70. The summed E-state index contributed by atoms with van der Waals surface area (Å²) in [4.78, 5) is 0.271. The number of hydrogen-bond acceptors (Lipinski definition) is 2. The second kappa shape index (κ2) is 3.44. The van der Waals surface area contributed by atoms with E-state index in [9.17, 15) is 0 Å². The summed E-state index contributed by atoms with van der Waals surface area (Å²) in [6.07, 6.45) is 0. The zero-order valence-electron chi connectivity index (χ0n) is 5.38. The van der Waals surface area contributed by atoms with E-state index in [2.05, 4.69) is 42.1 Å². The van der Waals surface area contributed by atoms with Crippen LogP contribution in [-0.2, 0) is 0 Å². The van der Waals surface area contributed by atoms with Gasteiger partial charge in [-0.05, 0) is 35.0 Å². The largest absolute Gasteiger partial charge is 0.153 e. The molecule has 0 bridgehead atoms. The van der Waals surface area contributed by atoms with Crippen LogP contribution in [0, 0.1) is 0 Å². The van der Waals surface area contributed by atoms with Gasteiger partial charge in [0.2, 0.25) is 0 Å². The van der Waals surface area contributed by atoms with Gasteiger partial charge < -0.3 is 0 Å². The minimum atomic E-state index is 0.271. The van der Waals surface area contributed by atoms with E-state index in [1.807, 2.05) is 19.1 Å². The molecular weight excluding hydrogens is 260 g/mol. The van der Waals surface area contributed by atoms with Gasteiger partial charge in [-0.1, -0.05) is 15.9 Å². The Morgan fingerprint density at radius 3 is 2.50 bits per heavy atom. The molecule has 0 radical (unpaired) electrons. The molecule has 0 amide bonds. The predicted molar refractivity (Wildman–Crippen MR) is 47.1 cm³/mol. The molecule has 54 valence electrons. The van der Waals surface area contributed by atoms with Gasteiger partial charge in [-0.3, -0.25) is 0 Å². The van der Waals surface area contributed by atoms with Crippen LogP contribution in [0.2, 0.25) is 0 Å². The van der Waals surface area contributed by atoms with E-state index in [1.165, 1.54) is 0 Å². The topological polar surface area (TPSA) is 25.8 Å². The van der Waals surface area contributed by atoms with Gasteiger partial charge in [0.15, 0.2) is 0 Å². The maximum Gasteiger partial charge on any atom is 0.128 e. The molecule has 0 saturated heterocycles. The lowest BCUT2D eigenvalue weighted by Gasteiger charge is -1.98. The lowest BCUT2D eigenvalue weighted by atomic mass is 10.3. The van der Waals surface area contributed by atoms with E-state index in [-0.39, 0.29) is 4.83 Å². The van der Waals surface area contributed by atoms with Gasteiger partial charge in [-0.15, -0.1) is 5.10 Å². The summed E-state index contributed by atoms with van der Waals surface area (Å²) in [5.41, 5.74) is 0.947. The molecule has 0 N–H and O–H groups in total. The summed E-state index contributed by atoms with van der Waals surface area (Å²) >= 11 is 6.59. The quantitative estimate of drug-likeness (QED) is 0.730. The van der Waals surface area contributed by atoms with Crippen molar-refractivity contribution in [3.8, 4) is 0 Å². The van der Waals surface area contributed by atoms with Crippen LogP contribution in [-0.4, -0.2) is 10.2 Å². The van der Waals surface area contributed by atoms with Crippen LogP contribution in [0.5, 0.6) is 0 Å². The lowest BCUT2D eigenvalue weighted by molar-refractivity contribution is 0.900. The molecule has 4 heteroatoms. The third-order valence-corrected chi connectivity index (χ3v) is 1.95. The van der Waals surface area contributed by atoms with Crippen molar-refractivity contribution in [3.63, 3.8) is 0 Å². The zero-order valence-corrected chi connectivity index (χ0v) is 8.55. The first-order valence-electron chi connectivity index (χ1n) is 2.83. The standard InChI is InChI=1S/C6H6Br2N2/c1-4(7)5-2-3-6(8)10-9-5/h2-4H,1H3. The van der Waals surface area contributed by atoms with Gasteiger partial charge >= 0.3 is 0 Å². The van der Waals surface area contributed by atoms with Gasteiger partial charge in [0.25, 0.3) is 0 Å². The SMILES string of the molecule is CC(Br)c1ccc(Br)nn1. The molecule has 0 spiro atoms. The first-order chi connectivity index (χ1) is 4.70. The molecule has 0 aromatic carbocycles. The Bertz CT molecular complexity index is 207. The number of nitrogens with zero attached hydrogens (tertiary/aromatic N) is 2. The molecule has 1 aromatic heterocycles. The molecule has 0 aliphatic heterocycles. The minimum Gasteiger partial charge on any atom is -0.153 e. The van der Waals surface area contributed by atoms with Crippen LogP contribution >= 0.6 is 31.9 Å². The number of alkyl halides is 1. The maximum atomic E-state index is 3.93. The fourth-order valence-electron chi connectivity index (χ4n) is 0.538. The average Bonchev–Trinajstić information content (AvgIpc) is 1.88. The molecule has 1 atom stereocenters. The second-order valence-electron chi connectivity index (χ2n) is 1.90. The van der Waals surface area contributed by atoms with Crippen molar-refractivity contribution in [2.45, 2.75) is 11.8 Å². The van der Waals surface area contributed by atoms with E-state index >= 15 is 0 Å². The van der Waals surface area contributed by atoms with Crippen LogP contribution in [0.1, 0.15) is 17.4 Å². The highest BCUT2D eigenvalue weighted by Crippen LogP contribution is 2.18. The Balaban J connectivity index is 2.89. The fraction of sp³-hybridized carbons (Fsp3) is 0.333. The minimum absolute atomic E-state index is 0.271. The van der Waals surface area contributed by atoms with Crippen molar-refractivity contribution < 1.29 is 0 Å². The van der Waals surface area contributed by atoms with E-state index in [0.29, 0.717) is 0 Å². The summed E-state index contributed by atoms with van der Waals surface area (Å²) in [5, 5.41) is 7.77. The molecule has 2 nitrogen and oxygen atoms in total. The zero-order chi connectivity index (χ0) is 7.56. The summed E-state index contributed by atoms with van der Waals surface area (Å²) in [6, 6.07) is 3.80. The van der Waals surface area contributed by atoms with E-state index in [1.54, 1.807) is 0 Å². The second-order valence-corrected chi connectivity index (χ2v) is 4.08. The van der Waals surface area contributed by atoms with Gasteiger partial charge in [-0.25, -0.2) is 0 Å². The highest BCUT2D eigenvalue weighted by molar-refractivity contribution is 9.10. The Morgan fingerprint density at radius 1 is 1.40 bits per heavy atom. The van der Waals surface area contributed by atoms with Crippen molar-refractivity contribution in [2.24, 2.45) is 0 Å². The molecule has 1 heterocycles.